The quantitative estimate of drug-likeness (QED) is 0.457. The number of halogens is 2. The van der Waals surface area contributed by atoms with Crippen LogP contribution in [0.15, 0.2) is 32.0 Å². The average molecular weight is 248 g/mol. The van der Waals surface area contributed by atoms with Crippen LogP contribution in [0.3, 0.4) is 0 Å². The van der Waals surface area contributed by atoms with Crippen LogP contribution in [0.5, 0.6) is 0 Å². The Bertz CT molecular complexity index is 338. The fourth-order valence-electron chi connectivity index (χ4n) is 0.605. The molecule has 2 nitrogen and oxygen atoms in total. The molecule has 0 aliphatic rings. The van der Waals surface area contributed by atoms with Gasteiger partial charge in [-0.15, -0.1) is 4.40 Å². The van der Waals surface area contributed by atoms with Crippen LogP contribution in [0.1, 0.15) is 0 Å². The molecule has 0 unspecified atom stereocenters. The van der Waals surface area contributed by atoms with Crippen molar-refractivity contribution in [1.29, 1.82) is 0 Å². The van der Waals surface area contributed by atoms with Crippen molar-refractivity contribution < 1.29 is 9.18 Å². The lowest BCUT2D eigenvalue weighted by Crippen LogP contribution is -1.76. The molecule has 0 aliphatic heterocycles. The molecular formula is C7H3BrFNOS. The van der Waals surface area contributed by atoms with Crippen molar-refractivity contribution >= 4 is 34.0 Å². The summed E-state index contributed by atoms with van der Waals surface area (Å²) in [5, 5.41) is 0. The van der Waals surface area contributed by atoms with Gasteiger partial charge in [0.05, 0.1) is 4.47 Å². The first-order valence-corrected chi connectivity index (χ1v) is 4.50. The lowest BCUT2D eigenvalue weighted by Gasteiger charge is -1.95. The van der Waals surface area contributed by atoms with E-state index in [2.05, 4.69) is 20.3 Å². The molecule has 0 amide bonds. The molecule has 1 aromatic carbocycles. The molecule has 62 valence electrons. The highest BCUT2D eigenvalue weighted by molar-refractivity contribution is 9.10. The minimum Gasteiger partial charge on any atom is -0.210 e. The molecule has 0 aliphatic carbocycles. The van der Waals surface area contributed by atoms with E-state index in [1.807, 2.05) is 0 Å². The third-order valence-corrected chi connectivity index (χ3v) is 2.32. The SMILES string of the molecule is O=C=NSc1ccc(F)c(Br)c1. The van der Waals surface area contributed by atoms with E-state index in [4.69, 9.17) is 0 Å². The van der Waals surface area contributed by atoms with E-state index in [0.29, 0.717) is 9.37 Å². The van der Waals surface area contributed by atoms with Gasteiger partial charge in [0.1, 0.15) is 5.82 Å². The zero-order chi connectivity index (χ0) is 8.97. The Hall–Kier alpha value is -0.640. The smallest absolute Gasteiger partial charge is 0.210 e. The van der Waals surface area contributed by atoms with Gasteiger partial charge in [-0.05, 0) is 34.1 Å². The van der Waals surface area contributed by atoms with E-state index in [1.54, 1.807) is 6.07 Å². The second-order valence-corrected chi connectivity index (χ2v) is 3.54. The number of benzene rings is 1. The molecule has 0 bridgehead atoms. The molecule has 0 heterocycles. The third-order valence-electron chi connectivity index (χ3n) is 1.08. The highest BCUT2D eigenvalue weighted by Crippen LogP contribution is 2.24. The Morgan fingerprint density at radius 3 is 2.92 bits per heavy atom. The number of nitrogens with zero attached hydrogens (tertiary/aromatic N) is 1. The Kier molecular flexibility index (Phi) is 3.47. The monoisotopic (exact) mass is 247 g/mol. The maximum Gasteiger partial charge on any atom is 0.247 e. The maximum atomic E-state index is 12.7. The van der Waals surface area contributed by atoms with Gasteiger partial charge >= 0.3 is 0 Å². The first-order chi connectivity index (χ1) is 5.74. The van der Waals surface area contributed by atoms with Gasteiger partial charge < -0.3 is 0 Å². The molecule has 1 aromatic rings. The molecule has 5 heteroatoms. The molecule has 0 radical (unpaired) electrons. The van der Waals surface area contributed by atoms with Crippen LogP contribution in [-0.2, 0) is 4.79 Å². The molecule has 0 saturated carbocycles. The summed E-state index contributed by atoms with van der Waals surface area (Å²) in [5.41, 5.74) is 0. The molecule has 0 N–H and O–H groups in total. The Morgan fingerprint density at radius 2 is 2.33 bits per heavy atom. The van der Waals surface area contributed by atoms with Crippen LogP contribution in [-0.4, -0.2) is 6.08 Å². The average Bonchev–Trinajstić information content (AvgIpc) is 2.07. The number of isocyanates is 1. The van der Waals surface area contributed by atoms with E-state index in [-0.39, 0.29) is 5.82 Å². The van der Waals surface area contributed by atoms with E-state index in [9.17, 15) is 9.18 Å². The predicted octanol–water partition coefficient (Wildman–Crippen LogP) is 2.93. The predicted molar refractivity (Wildman–Crippen MR) is 48.1 cm³/mol. The van der Waals surface area contributed by atoms with Gasteiger partial charge in [-0.2, -0.15) is 0 Å². The van der Waals surface area contributed by atoms with Crippen LogP contribution in [0.25, 0.3) is 0 Å². The molecule has 0 atom stereocenters. The van der Waals surface area contributed by atoms with Crippen molar-refractivity contribution in [2.75, 3.05) is 0 Å². The lowest BCUT2D eigenvalue weighted by molar-refractivity contribution is 0.566. The van der Waals surface area contributed by atoms with E-state index in [1.165, 1.54) is 18.2 Å². The Morgan fingerprint density at radius 1 is 1.58 bits per heavy atom. The van der Waals surface area contributed by atoms with Gasteiger partial charge in [0.25, 0.3) is 0 Å². The minimum atomic E-state index is -0.338. The van der Waals surface area contributed by atoms with E-state index in [0.717, 1.165) is 11.9 Å². The Balaban J connectivity index is 2.89. The van der Waals surface area contributed by atoms with Crippen LogP contribution >= 0.6 is 27.9 Å². The zero-order valence-electron chi connectivity index (χ0n) is 5.75. The van der Waals surface area contributed by atoms with E-state index < -0.39 is 0 Å². The van der Waals surface area contributed by atoms with Crippen molar-refractivity contribution in [1.82, 2.24) is 0 Å². The summed E-state index contributed by atoms with van der Waals surface area (Å²) in [6.07, 6.45) is 1.38. The lowest BCUT2D eigenvalue weighted by atomic mass is 10.3. The van der Waals surface area contributed by atoms with Crippen molar-refractivity contribution in [3.63, 3.8) is 0 Å². The van der Waals surface area contributed by atoms with Crippen molar-refractivity contribution in [3.05, 3.63) is 28.5 Å². The van der Waals surface area contributed by atoms with Crippen LogP contribution in [0, 0.1) is 5.82 Å². The summed E-state index contributed by atoms with van der Waals surface area (Å²) in [5.74, 6) is -0.338. The molecule has 12 heavy (non-hydrogen) atoms. The third kappa shape index (κ3) is 2.44. The fourth-order valence-corrected chi connectivity index (χ4v) is 1.58. The summed E-state index contributed by atoms with van der Waals surface area (Å²) >= 11 is 3.96. The summed E-state index contributed by atoms with van der Waals surface area (Å²) < 4.78 is 16.3. The van der Waals surface area contributed by atoms with Gasteiger partial charge in [0.2, 0.25) is 6.08 Å². The summed E-state index contributed by atoms with van der Waals surface area (Å²) in [6.45, 7) is 0. The molecule has 0 aromatic heterocycles. The topological polar surface area (TPSA) is 29.4 Å². The minimum absolute atomic E-state index is 0.338. The van der Waals surface area contributed by atoms with Crippen molar-refractivity contribution in [3.8, 4) is 0 Å². The molecule has 0 fully saturated rings. The Labute approximate surface area is 81.1 Å². The fraction of sp³-hybridized carbons (Fsp3) is 0. The van der Waals surface area contributed by atoms with Crippen molar-refractivity contribution in [2.45, 2.75) is 4.90 Å². The number of hydrogen-bond acceptors (Lipinski definition) is 3. The molecule has 0 saturated heterocycles. The van der Waals surface area contributed by atoms with Gasteiger partial charge in [0, 0.05) is 16.8 Å². The maximum absolute atomic E-state index is 12.7. The van der Waals surface area contributed by atoms with Crippen LogP contribution < -0.4 is 0 Å². The summed E-state index contributed by atoms with van der Waals surface area (Å²) in [6, 6.07) is 4.37. The first kappa shape index (κ1) is 9.45. The largest absolute Gasteiger partial charge is 0.247 e. The summed E-state index contributed by atoms with van der Waals surface area (Å²) in [4.78, 5) is 10.4. The number of carbonyl (C=O) groups excluding carboxylic acids is 1. The van der Waals surface area contributed by atoms with E-state index >= 15 is 0 Å². The van der Waals surface area contributed by atoms with Gasteiger partial charge in [-0.25, -0.2) is 9.18 Å². The standard InChI is InChI=1S/C7H3BrFNOS/c8-6-3-5(12-10-4-11)1-2-7(6)9/h1-3H. The first-order valence-electron chi connectivity index (χ1n) is 2.93. The highest BCUT2D eigenvalue weighted by atomic mass is 79.9. The zero-order valence-corrected chi connectivity index (χ0v) is 8.15. The number of hydrogen-bond donors (Lipinski definition) is 0. The summed E-state index contributed by atoms with van der Waals surface area (Å²) in [7, 11) is 0. The van der Waals surface area contributed by atoms with Gasteiger partial charge in [-0.3, -0.25) is 0 Å². The molecule has 0 spiro atoms. The van der Waals surface area contributed by atoms with Crippen LogP contribution in [0.2, 0.25) is 0 Å². The van der Waals surface area contributed by atoms with Gasteiger partial charge in [-0.1, -0.05) is 0 Å². The van der Waals surface area contributed by atoms with Crippen molar-refractivity contribution in [2.24, 2.45) is 4.40 Å². The molecular weight excluding hydrogens is 245 g/mol. The van der Waals surface area contributed by atoms with Crippen LogP contribution in [0.4, 0.5) is 4.39 Å². The highest BCUT2D eigenvalue weighted by Gasteiger charge is 1.99. The normalized spacial score (nSPS) is 9.17. The molecule has 1 rings (SSSR count). The number of rotatable bonds is 2. The second kappa shape index (κ2) is 4.40. The van der Waals surface area contributed by atoms with Gasteiger partial charge in [0.15, 0.2) is 0 Å². The second-order valence-electron chi connectivity index (χ2n) is 1.85.